The van der Waals surface area contributed by atoms with E-state index in [4.69, 9.17) is 10.5 Å². The molecule has 0 spiro atoms. The van der Waals surface area contributed by atoms with Gasteiger partial charge in [0.2, 0.25) is 0 Å². The highest BCUT2D eigenvalue weighted by Crippen LogP contribution is 2.13. The summed E-state index contributed by atoms with van der Waals surface area (Å²) in [6.45, 7) is 2.62. The number of nitrogens with two attached hydrogens (primary N) is 1. The van der Waals surface area contributed by atoms with E-state index in [1.54, 1.807) is 7.11 Å². The van der Waals surface area contributed by atoms with Gasteiger partial charge in [-0.3, -0.25) is 0 Å². The van der Waals surface area contributed by atoms with Crippen LogP contribution in [0.1, 0.15) is 12.5 Å². The lowest BCUT2D eigenvalue weighted by molar-refractivity contribution is 0.415. The van der Waals surface area contributed by atoms with Crippen LogP contribution in [-0.2, 0) is 0 Å². The highest BCUT2D eigenvalue weighted by molar-refractivity contribution is 5.53. The van der Waals surface area contributed by atoms with Crippen molar-refractivity contribution in [3.63, 3.8) is 0 Å². The van der Waals surface area contributed by atoms with Crippen molar-refractivity contribution in [2.24, 2.45) is 5.73 Å². The van der Waals surface area contributed by atoms with Crippen molar-refractivity contribution in [2.45, 2.75) is 6.92 Å². The van der Waals surface area contributed by atoms with E-state index in [0.717, 1.165) is 11.3 Å². The van der Waals surface area contributed by atoms with Gasteiger partial charge in [0.05, 0.1) is 7.11 Å². The number of hydrogen-bond acceptors (Lipinski definition) is 2. The Hall–Kier alpha value is -1.28. The summed E-state index contributed by atoms with van der Waals surface area (Å²) in [7, 11) is 1.66. The quantitative estimate of drug-likeness (QED) is 0.767. The molecule has 0 aliphatic heterocycles. The average molecular weight is 177 g/mol. The molecule has 2 nitrogen and oxygen atoms in total. The van der Waals surface area contributed by atoms with E-state index in [-0.39, 0.29) is 0 Å². The highest BCUT2D eigenvalue weighted by Gasteiger charge is 1.91. The first-order chi connectivity index (χ1) is 6.26. The SMILES string of the molecule is COc1ccc(C=C(C)CN)cc1. The minimum atomic E-state index is 0.603. The fourth-order valence-corrected chi connectivity index (χ4v) is 1.04. The van der Waals surface area contributed by atoms with Gasteiger partial charge in [-0.2, -0.15) is 0 Å². The molecule has 0 aliphatic carbocycles. The molecule has 0 bridgehead atoms. The van der Waals surface area contributed by atoms with E-state index < -0.39 is 0 Å². The van der Waals surface area contributed by atoms with Gasteiger partial charge >= 0.3 is 0 Å². The molecule has 2 heteroatoms. The molecule has 1 aromatic carbocycles. The van der Waals surface area contributed by atoms with Crippen molar-refractivity contribution >= 4 is 6.08 Å². The maximum absolute atomic E-state index is 5.48. The van der Waals surface area contributed by atoms with Crippen molar-refractivity contribution in [2.75, 3.05) is 13.7 Å². The van der Waals surface area contributed by atoms with Crippen LogP contribution >= 0.6 is 0 Å². The number of methoxy groups -OCH3 is 1. The second-order valence-electron chi connectivity index (χ2n) is 2.97. The Morgan fingerprint density at radius 3 is 2.46 bits per heavy atom. The Balaban J connectivity index is 2.80. The van der Waals surface area contributed by atoms with Gasteiger partial charge in [0.25, 0.3) is 0 Å². The summed E-state index contributed by atoms with van der Waals surface area (Å²) in [5, 5.41) is 0. The molecule has 0 aromatic heterocycles. The van der Waals surface area contributed by atoms with Crippen molar-refractivity contribution in [1.29, 1.82) is 0 Å². The van der Waals surface area contributed by atoms with Crippen LogP contribution in [0.25, 0.3) is 6.08 Å². The van der Waals surface area contributed by atoms with Crippen LogP contribution in [0, 0.1) is 0 Å². The van der Waals surface area contributed by atoms with Gasteiger partial charge in [-0.15, -0.1) is 0 Å². The van der Waals surface area contributed by atoms with Crippen LogP contribution in [-0.4, -0.2) is 13.7 Å². The molecule has 1 rings (SSSR count). The van der Waals surface area contributed by atoms with Crippen molar-refractivity contribution in [1.82, 2.24) is 0 Å². The maximum atomic E-state index is 5.48. The molecule has 0 amide bonds. The lowest BCUT2D eigenvalue weighted by atomic mass is 10.1. The number of hydrogen-bond donors (Lipinski definition) is 1. The topological polar surface area (TPSA) is 35.2 Å². The van der Waals surface area contributed by atoms with Gasteiger partial charge < -0.3 is 10.5 Å². The molecular formula is C11H15NO. The first-order valence-corrected chi connectivity index (χ1v) is 4.27. The number of rotatable bonds is 3. The first-order valence-electron chi connectivity index (χ1n) is 4.27. The lowest BCUT2D eigenvalue weighted by Gasteiger charge is -2.00. The van der Waals surface area contributed by atoms with E-state index in [2.05, 4.69) is 6.08 Å². The lowest BCUT2D eigenvalue weighted by Crippen LogP contribution is -1.99. The van der Waals surface area contributed by atoms with E-state index in [0.29, 0.717) is 6.54 Å². The van der Waals surface area contributed by atoms with Crippen molar-refractivity contribution in [3.05, 3.63) is 35.4 Å². The third kappa shape index (κ3) is 2.92. The van der Waals surface area contributed by atoms with Crippen LogP contribution in [0.4, 0.5) is 0 Å². The standard InChI is InChI=1S/C11H15NO/c1-9(8-12)7-10-3-5-11(13-2)6-4-10/h3-7H,8,12H2,1-2H3. The van der Waals surface area contributed by atoms with Crippen LogP contribution in [0.15, 0.2) is 29.8 Å². The highest BCUT2D eigenvalue weighted by atomic mass is 16.5. The Kier molecular flexibility index (Phi) is 3.53. The average Bonchev–Trinajstić information content (AvgIpc) is 2.19. The van der Waals surface area contributed by atoms with E-state index in [1.165, 1.54) is 5.57 Å². The Morgan fingerprint density at radius 1 is 1.38 bits per heavy atom. The zero-order valence-electron chi connectivity index (χ0n) is 8.08. The van der Waals surface area contributed by atoms with Crippen molar-refractivity contribution < 1.29 is 4.74 Å². The molecule has 0 unspecified atom stereocenters. The number of ether oxygens (including phenoxy) is 1. The summed E-state index contributed by atoms with van der Waals surface area (Å²) >= 11 is 0. The minimum absolute atomic E-state index is 0.603. The maximum Gasteiger partial charge on any atom is 0.118 e. The van der Waals surface area contributed by atoms with E-state index >= 15 is 0 Å². The molecule has 70 valence electrons. The molecule has 0 radical (unpaired) electrons. The largest absolute Gasteiger partial charge is 0.497 e. The minimum Gasteiger partial charge on any atom is -0.497 e. The fourth-order valence-electron chi connectivity index (χ4n) is 1.04. The summed E-state index contributed by atoms with van der Waals surface area (Å²) in [4.78, 5) is 0. The van der Waals surface area contributed by atoms with Crippen LogP contribution in [0.2, 0.25) is 0 Å². The second-order valence-corrected chi connectivity index (χ2v) is 2.97. The molecule has 1 aromatic rings. The van der Waals surface area contributed by atoms with Crippen LogP contribution in [0.5, 0.6) is 5.75 Å². The molecule has 2 N–H and O–H groups in total. The number of benzene rings is 1. The molecule has 13 heavy (non-hydrogen) atoms. The van der Waals surface area contributed by atoms with Crippen molar-refractivity contribution in [3.8, 4) is 5.75 Å². The normalized spacial score (nSPS) is 11.5. The van der Waals surface area contributed by atoms with Gasteiger partial charge in [-0.05, 0) is 24.6 Å². The Bertz CT molecular complexity index is 287. The molecule has 0 heterocycles. The molecule has 0 saturated heterocycles. The van der Waals surface area contributed by atoms with E-state index in [9.17, 15) is 0 Å². The monoisotopic (exact) mass is 177 g/mol. The fraction of sp³-hybridized carbons (Fsp3) is 0.273. The predicted molar refractivity (Wildman–Crippen MR) is 55.7 cm³/mol. The van der Waals surface area contributed by atoms with Crippen LogP contribution < -0.4 is 10.5 Å². The smallest absolute Gasteiger partial charge is 0.118 e. The molecule has 0 saturated carbocycles. The van der Waals surface area contributed by atoms with Gasteiger partial charge in [-0.25, -0.2) is 0 Å². The zero-order chi connectivity index (χ0) is 9.68. The zero-order valence-corrected chi connectivity index (χ0v) is 8.08. The van der Waals surface area contributed by atoms with E-state index in [1.807, 2.05) is 31.2 Å². The van der Waals surface area contributed by atoms with Gasteiger partial charge in [0, 0.05) is 6.54 Å². The third-order valence-electron chi connectivity index (χ3n) is 1.85. The Labute approximate surface area is 79.0 Å². The molecule has 0 fully saturated rings. The second kappa shape index (κ2) is 4.67. The molecule has 0 aliphatic rings. The summed E-state index contributed by atoms with van der Waals surface area (Å²) in [6.07, 6.45) is 2.07. The summed E-state index contributed by atoms with van der Waals surface area (Å²) in [5.74, 6) is 0.877. The summed E-state index contributed by atoms with van der Waals surface area (Å²) in [6, 6.07) is 7.90. The first kappa shape index (κ1) is 9.81. The molecular weight excluding hydrogens is 162 g/mol. The van der Waals surface area contributed by atoms with Gasteiger partial charge in [0.15, 0.2) is 0 Å². The molecule has 0 atom stereocenters. The van der Waals surface area contributed by atoms with Gasteiger partial charge in [-0.1, -0.05) is 23.8 Å². The van der Waals surface area contributed by atoms with Gasteiger partial charge in [0.1, 0.15) is 5.75 Å². The van der Waals surface area contributed by atoms with Crippen LogP contribution in [0.3, 0.4) is 0 Å². The predicted octanol–water partition coefficient (Wildman–Crippen LogP) is 2.06. The summed E-state index contributed by atoms with van der Waals surface area (Å²) < 4.78 is 5.06. The summed E-state index contributed by atoms with van der Waals surface area (Å²) in [5.41, 5.74) is 7.81. The Morgan fingerprint density at radius 2 is 2.00 bits per heavy atom. The third-order valence-corrected chi connectivity index (χ3v) is 1.85.